The van der Waals surface area contributed by atoms with Gasteiger partial charge in [-0.1, -0.05) is 32.9 Å². The van der Waals surface area contributed by atoms with Gasteiger partial charge >= 0.3 is 0 Å². The summed E-state index contributed by atoms with van der Waals surface area (Å²) in [5.74, 6) is 0. The topological polar surface area (TPSA) is 0 Å². The molecular formula is C11H12. The molecule has 1 aliphatic rings. The highest BCUT2D eigenvalue weighted by Crippen LogP contribution is 2.35. The molecule has 1 saturated carbocycles. The largest absolute Gasteiger partial charge is 0.0949 e. The van der Waals surface area contributed by atoms with E-state index in [1.165, 1.54) is 0 Å². The van der Waals surface area contributed by atoms with Gasteiger partial charge in [-0.15, -0.1) is 0 Å². The number of allylic oxidation sites excluding steroid dienone is 5. The Bertz CT molecular complexity index is 259. The van der Waals surface area contributed by atoms with Gasteiger partial charge in [0, 0.05) is 0 Å². The maximum atomic E-state index is 3.87. The Morgan fingerprint density at radius 2 is 1.00 bits per heavy atom. The number of rotatable bonds is 0. The standard InChI is InChI=1S/C11H12/c1-7-6-8(2)10(4)11(5)9(7)3/h1-6H2. The van der Waals surface area contributed by atoms with Gasteiger partial charge in [0.25, 0.3) is 0 Å². The van der Waals surface area contributed by atoms with Gasteiger partial charge in [-0.25, -0.2) is 0 Å². The van der Waals surface area contributed by atoms with Crippen molar-refractivity contribution in [2.45, 2.75) is 6.42 Å². The highest BCUT2D eigenvalue weighted by Gasteiger charge is 2.17. The average Bonchev–Trinajstić information content (AvgIpc) is 1.97. The van der Waals surface area contributed by atoms with E-state index < -0.39 is 0 Å². The van der Waals surface area contributed by atoms with Crippen LogP contribution in [-0.4, -0.2) is 0 Å². The van der Waals surface area contributed by atoms with E-state index in [1.807, 2.05) is 0 Å². The second-order valence-corrected chi connectivity index (χ2v) is 2.82. The van der Waals surface area contributed by atoms with Crippen LogP contribution in [0.1, 0.15) is 6.42 Å². The second kappa shape index (κ2) is 2.39. The summed E-state index contributed by atoms with van der Waals surface area (Å²) < 4.78 is 0. The predicted molar refractivity (Wildman–Crippen MR) is 50.3 cm³/mol. The lowest BCUT2D eigenvalue weighted by molar-refractivity contribution is 1.10. The molecule has 0 aromatic carbocycles. The Morgan fingerprint density at radius 3 is 1.36 bits per heavy atom. The smallest absolute Gasteiger partial charge is 0.00256 e. The van der Waals surface area contributed by atoms with Crippen LogP contribution in [0.2, 0.25) is 0 Å². The van der Waals surface area contributed by atoms with E-state index in [1.54, 1.807) is 0 Å². The zero-order valence-corrected chi connectivity index (χ0v) is 6.74. The van der Waals surface area contributed by atoms with E-state index >= 15 is 0 Å². The van der Waals surface area contributed by atoms with Crippen molar-refractivity contribution in [1.82, 2.24) is 0 Å². The number of hydrogen-bond acceptors (Lipinski definition) is 0. The molecule has 0 heteroatoms. The van der Waals surface area contributed by atoms with E-state index in [4.69, 9.17) is 0 Å². The van der Waals surface area contributed by atoms with E-state index in [0.717, 1.165) is 34.3 Å². The van der Waals surface area contributed by atoms with Crippen molar-refractivity contribution >= 4 is 0 Å². The Labute approximate surface area is 67.9 Å². The molecule has 0 bridgehead atoms. The molecule has 1 fully saturated rings. The molecule has 1 aliphatic carbocycles. The lowest BCUT2D eigenvalue weighted by atomic mass is 9.82. The van der Waals surface area contributed by atoms with Crippen LogP contribution in [0.15, 0.2) is 60.8 Å². The predicted octanol–water partition coefficient (Wildman–Crippen LogP) is 3.17. The monoisotopic (exact) mass is 144 g/mol. The van der Waals surface area contributed by atoms with E-state index in [2.05, 4.69) is 32.9 Å². The summed E-state index contributed by atoms with van der Waals surface area (Å²) in [5.41, 5.74) is 4.73. The molecule has 0 aromatic heterocycles. The molecule has 0 saturated heterocycles. The van der Waals surface area contributed by atoms with Gasteiger partial charge in [-0.05, 0) is 34.3 Å². The van der Waals surface area contributed by atoms with Crippen LogP contribution >= 0.6 is 0 Å². The number of hydrogen-bond donors (Lipinski definition) is 0. The molecule has 0 aromatic rings. The minimum atomic E-state index is 0.788. The lowest BCUT2D eigenvalue weighted by Crippen LogP contribution is -2.04. The molecule has 0 aliphatic heterocycles. The summed E-state index contributed by atoms with van der Waals surface area (Å²) in [6.45, 7) is 19.3. The molecule has 0 amide bonds. The molecule has 0 radical (unpaired) electrons. The van der Waals surface area contributed by atoms with Crippen molar-refractivity contribution in [3.05, 3.63) is 60.8 Å². The Morgan fingerprint density at radius 1 is 0.636 bits per heavy atom. The zero-order chi connectivity index (χ0) is 8.59. The lowest BCUT2D eigenvalue weighted by Gasteiger charge is -2.22. The maximum absolute atomic E-state index is 3.87. The second-order valence-electron chi connectivity index (χ2n) is 2.82. The van der Waals surface area contributed by atoms with Crippen molar-refractivity contribution in [3.63, 3.8) is 0 Å². The minimum absolute atomic E-state index is 0.788. The maximum Gasteiger partial charge on any atom is -0.00256 e. The van der Waals surface area contributed by atoms with Crippen molar-refractivity contribution < 1.29 is 0 Å². The summed E-state index contributed by atoms with van der Waals surface area (Å²) in [7, 11) is 0. The third-order valence-corrected chi connectivity index (χ3v) is 2.01. The molecule has 0 unspecified atom stereocenters. The van der Waals surface area contributed by atoms with Crippen LogP contribution in [0.4, 0.5) is 0 Å². The van der Waals surface area contributed by atoms with Crippen LogP contribution in [0.5, 0.6) is 0 Å². The highest BCUT2D eigenvalue weighted by molar-refractivity contribution is 5.63. The fourth-order valence-corrected chi connectivity index (χ4v) is 1.08. The summed E-state index contributed by atoms with van der Waals surface area (Å²) in [5, 5.41) is 0. The van der Waals surface area contributed by atoms with Crippen LogP contribution < -0.4 is 0 Å². The summed E-state index contributed by atoms with van der Waals surface area (Å²) in [6.07, 6.45) is 0.788. The van der Waals surface area contributed by atoms with Crippen LogP contribution in [0.3, 0.4) is 0 Å². The van der Waals surface area contributed by atoms with Gasteiger partial charge in [-0.3, -0.25) is 0 Å². The zero-order valence-electron chi connectivity index (χ0n) is 6.74. The van der Waals surface area contributed by atoms with Gasteiger partial charge in [-0.2, -0.15) is 0 Å². The van der Waals surface area contributed by atoms with Gasteiger partial charge in [0.05, 0.1) is 0 Å². The molecule has 56 valence electrons. The molecular weight excluding hydrogens is 132 g/mol. The normalized spacial score (nSPS) is 19.5. The van der Waals surface area contributed by atoms with Crippen molar-refractivity contribution in [1.29, 1.82) is 0 Å². The quantitative estimate of drug-likeness (QED) is 0.490. The fraction of sp³-hybridized carbons (Fsp3) is 0.0909. The van der Waals surface area contributed by atoms with E-state index in [-0.39, 0.29) is 0 Å². The molecule has 1 rings (SSSR count). The average molecular weight is 144 g/mol. The van der Waals surface area contributed by atoms with Crippen LogP contribution in [-0.2, 0) is 0 Å². The third kappa shape index (κ3) is 1.12. The first-order valence-electron chi connectivity index (χ1n) is 3.47. The Kier molecular flexibility index (Phi) is 1.69. The Balaban J connectivity index is 3.06. The first-order valence-corrected chi connectivity index (χ1v) is 3.47. The van der Waals surface area contributed by atoms with E-state index in [0.29, 0.717) is 0 Å². The third-order valence-electron chi connectivity index (χ3n) is 2.01. The fourth-order valence-electron chi connectivity index (χ4n) is 1.08. The minimum Gasteiger partial charge on any atom is -0.0949 e. The van der Waals surface area contributed by atoms with Gasteiger partial charge in [0.1, 0.15) is 0 Å². The SMILES string of the molecule is C=C1CC(=C)C(=C)C(=C)C1=C. The molecule has 0 spiro atoms. The van der Waals surface area contributed by atoms with Gasteiger partial charge in [0.2, 0.25) is 0 Å². The molecule has 0 N–H and O–H groups in total. The van der Waals surface area contributed by atoms with Crippen molar-refractivity contribution in [3.8, 4) is 0 Å². The summed E-state index contributed by atoms with van der Waals surface area (Å²) >= 11 is 0. The summed E-state index contributed by atoms with van der Waals surface area (Å²) in [6, 6.07) is 0. The van der Waals surface area contributed by atoms with E-state index in [9.17, 15) is 0 Å². The molecule has 0 heterocycles. The molecule has 0 atom stereocenters. The van der Waals surface area contributed by atoms with Crippen molar-refractivity contribution in [2.75, 3.05) is 0 Å². The molecule has 0 nitrogen and oxygen atoms in total. The van der Waals surface area contributed by atoms with Crippen LogP contribution in [0.25, 0.3) is 0 Å². The Hall–Kier alpha value is -1.30. The first kappa shape index (κ1) is 7.80. The first-order chi connectivity index (χ1) is 5.04. The van der Waals surface area contributed by atoms with Crippen molar-refractivity contribution in [2.24, 2.45) is 0 Å². The van der Waals surface area contributed by atoms with Crippen LogP contribution in [0, 0.1) is 0 Å². The summed E-state index contributed by atoms with van der Waals surface area (Å²) in [4.78, 5) is 0. The highest BCUT2D eigenvalue weighted by atomic mass is 14.2. The van der Waals surface area contributed by atoms with Gasteiger partial charge < -0.3 is 0 Å². The van der Waals surface area contributed by atoms with Gasteiger partial charge in [0.15, 0.2) is 0 Å². The molecule has 11 heavy (non-hydrogen) atoms.